The van der Waals surface area contributed by atoms with Gasteiger partial charge in [-0.25, -0.2) is 0 Å². The summed E-state index contributed by atoms with van der Waals surface area (Å²) in [6.07, 6.45) is 0. The normalized spacial score (nSPS) is 13.5. The van der Waals surface area contributed by atoms with Gasteiger partial charge in [0, 0.05) is 43.1 Å². The molecule has 0 saturated heterocycles. The van der Waals surface area contributed by atoms with E-state index in [2.05, 4.69) is 380 Å². The van der Waals surface area contributed by atoms with E-state index in [0.717, 1.165) is 44.2 Å². The highest BCUT2D eigenvalue weighted by atomic mass is 16.3. The van der Waals surface area contributed by atoms with E-state index in [-0.39, 0.29) is 10.8 Å². The standard InChI is InChI=1S/C110H70O2/c1-109(2)94-56-58-97-104(90-53-43-67-21-7-11-27-77(67)107(90)111-97)103(94)89-52-48-74(62-96(89)109)64-37-41-70(42-38-64)100-83-30-14-16-32-85(83)102(81-34-18-24-66-20-6-10-26-76(66)81)93-60-72(47-51-87(93)100)71-46-50-86-92(59-71)101(80-33-17-23-65-19-5-9-25-75(65)80)84-31-15-13-29-82(84)99(86)69-39-35-63(36-40-69)73-45-49-79-88-55-57-98-105(106(88)110(3,4)95(79)61-73)91-54-44-68-22-8-12-28-78(68)108(91)112-98/h5-62H,1-4H3. The molecular weight excluding hydrogens is 1350 g/mol. The number of hydrogen-bond donors (Lipinski definition) is 0. The smallest absolute Gasteiger partial charge is 0.143 e. The molecule has 0 saturated carbocycles. The van der Waals surface area contributed by atoms with Crippen LogP contribution in [0.3, 0.4) is 0 Å². The Morgan fingerprint density at radius 1 is 0.188 bits per heavy atom. The second-order valence-corrected chi connectivity index (χ2v) is 32.3. The molecule has 0 N–H and O–H groups in total. The second kappa shape index (κ2) is 23.3. The molecule has 0 amide bonds. The molecule has 0 radical (unpaired) electrons. The molecule has 2 aromatic heterocycles. The Morgan fingerprint density at radius 2 is 0.536 bits per heavy atom. The minimum Gasteiger partial charge on any atom is -0.455 e. The molecular formula is C110H70O2. The Labute approximate surface area is 647 Å². The zero-order valence-corrected chi connectivity index (χ0v) is 62.3. The van der Waals surface area contributed by atoms with Gasteiger partial charge < -0.3 is 8.83 Å². The van der Waals surface area contributed by atoms with Gasteiger partial charge in [0.2, 0.25) is 0 Å². The quantitative estimate of drug-likeness (QED) is 0.149. The van der Waals surface area contributed by atoms with Gasteiger partial charge >= 0.3 is 0 Å². The van der Waals surface area contributed by atoms with Crippen molar-refractivity contribution in [2.75, 3.05) is 0 Å². The highest BCUT2D eigenvalue weighted by molar-refractivity contribution is 6.28. The molecule has 522 valence electrons. The molecule has 22 aromatic rings. The fraction of sp³-hybridized carbons (Fsp3) is 0.0545. The summed E-state index contributed by atoms with van der Waals surface area (Å²) >= 11 is 0. The lowest BCUT2D eigenvalue weighted by molar-refractivity contribution is 0.657. The molecule has 0 unspecified atom stereocenters. The van der Waals surface area contributed by atoms with Crippen molar-refractivity contribution < 1.29 is 8.83 Å². The Bertz CT molecular complexity index is 7900. The van der Waals surface area contributed by atoms with Crippen LogP contribution in [0.5, 0.6) is 0 Å². The Hall–Kier alpha value is -13.9. The molecule has 112 heavy (non-hydrogen) atoms. The van der Waals surface area contributed by atoms with E-state index in [1.807, 2.05) is 0 Å². The number of hydrogen-bond acceptors (Lipinski definition) is 2. The van der Waals surface area contributed by atoms with Crippen LogP contribution in [0.1, 0.15) is 49.9 Å². The molecule has 2 heterocycles. The van der Waals surface area contributed by atoms with Gasteiger partial charge in [0.25, 0.3) is 0 Å². The van der Waals surface area contributed by atoms with Gasteiger partial charge in [0.1, 0.15) is 22.3 Å². The summed E-state index contributed by atoms with van der Waals surface area (Å²) < 4.78 is 13.5. The monoisotopic (exact) mass is 1420 g/mol. The van der Waals surface area contributed by atoms with Crippen molar-refractivity contribution in [3.8, 4) is 100 Å². The third-order valence-corrected chi connectivity index (χ3v) is 25.8. The van der Waals surface area contributed by atoms with Crippen LogP contribution in [-0.2, 0) is 10.8 Å². The molecule has 2 nitrogen and oxygen atoms in total. The highest BCUT2D eigenvalue weighted by Gasteiger charge is 2.40. The van der Waals surface area contributed by atoms with E-state index in [9.17, 15) is 0 Å². The fourth-order valence-electron chi connectivity index (χ4n) is 20.5. The topological polar surface area (TPSA) is 26.3 Å². The van der Waals surface area contributed by atoms with Gasteiger partial charge in [0.05, 0.1) is 0 Å². The molecule has 2 aliphatic rings. The molecule has 0 spiro atoms. The Kier molecular flexibility index (Phi) is 13.1. The molecule has 24 rings (SSSR count). The van der Waals surface area contributed by atoms with E-state index in [1.165, 1.54) is 208 Å². The van der Waals surface area contributed by atoms with Crippen molar-refractivity contribution in [3.05, 3.63) is 374 Å². The molecule has 0 atom stereocenters. The van der Waals surface area contributed by atoms with Crippen LogP contribution in [0.25, 0.3) is 230 Å². The van der Waals surface area contributed by atoms with Gasteiger partial charge in [-0.05, 0) is 246 Å². The molecule has 20 aromatic carbocycles. The lowest BCUT2D eigenvalue weighted by Crippen LogP contribution is -2.15. The third kappa shape index (κ3) is 8.92. The highest BCUT2D eigenvalue weighted by Crippen LogP contribution is 2.58. The molecule has 2 aliphatic carbocycles. The zero-order chi connectivity index (χ0) is 74.0. The fourth-order valence-corrected chi connectivity index (χ4v) is 20.5. The maximum atomic E-state index is 6.76. The Morgan fingerprint density at radius 3 is 1.04 bits per heavy atom. The Balaban J connectivity index is 0.649. The lowest BCUT2D eigenvalue weighted by Gasteiger charge is -2.23. The SMILES string of the molecule is CC1(C)c2cc(-c3ccc(-c4c5ccccc5c(-c5cccc6ccccc56)c5cc(-c6ccc7c(-c8ccc(-c9ccc%10c(c9)C(C)(C)c9c-%10ccc%10oc%11c%12ccccc%12ccc%11c9%10)cc8)c8ccccc8c(-c8cccc9ccccc89)c7c6)ccc45)cc3)ccc2-c2c1ccc1oc3c4ccccc4ccc3c21. The van der Waals surface area contributed by atoms with Gasteiger partial charge in [-0.2, -0.15) is 0 Å². The van der Waals surface area contributed by atoms with Crippen LogP contribution in [0.2, 0.25) is 0 Å². The van der Waals surface area contributed by atoms with Gasteiger partial charge in [-0.1, -0.05) is 331 Å². The van der Waals surface area contributed by atoms with Crippen molar-refractivity contribution in [2.24, 2.45) is 0 Å². The van der Waals surface area contributed by atoms with Gasteiger partial charge in [0.15, 0.2) is 0 Å². The van der Waals surface area contributed by atoms with E-state index in [1.54, 1.807) is 0 Å². The molecule has 2 heteroatoms. The summed E-state index contributed by atoms with van der Waals surface area (Å²) in [5.74, 6) is 0. The maximum Gasteiger partial charge on any atom is 0.143 e. The number of fused-ring (bicyclic) bond motifs is 24. The predicted molar refractivity (Wildman–Crippen MR) is 474 cm³/mol. The zero-order valence-electron chi connectivity index (χ0n) is 62.3. The second-order valence-electron chi connectivity index (χ2n) is 32.3. The average molecular weight is 1420 g/mol. The van der Waals surface area contributed by atoms with E-state index in [4.69, 9.17) is 8.83 Å². The van der Waals surface area contributed by atoms with Crippen LogP contribution in [-0.4, -0.2) is 0 Å². The molecule has 0 aliphatic heterocycles. The van der Waals surface area contributed by atoms with Gasteiger partial charge in [-0.3, -0.25) is 0 Å². The van der Waals surface area contributed by atoms with Crippen molar-refractivity contribution in [1.82, 2.24) is 0 Å². The van der Waals surface area contributed by atoms with Crippen molar-refractivity contribution in [1.29, 1.82) is 0 Å². The van der Waals surface area contributed by atoms with E-state index < -0.39 is 0 Å². The lowest BCUT2D eigenvalue weighted by atomic mass is 9.79. The summed E-state index contributed by atoms with van der Waals surface area (Å²) in [5, 5.41) is 24.1. The minimum absolute atomic E-state index is 0.225. The van der Waals surface area contributed by atoms with E-state index in [0.29, 0.717) is 0 Å². The number of benzene rings is 20. The summed E-state index contributed by atoms with van der Waals surface area (Å²) in [6, 6.07) is 132. The third-order valence-electron chi connectivity index (χ3n) is 25.8. The molecule has 0 bridgehead atoms. The summed E-state index contributed by atoms with van der Waals surface area (Å²) in [4.78, 5) is 0. The predicted octanol–water partition coefficient (Wildman–Crippen LogP) is 31.0. The van der Waals surface area contributed by atoms with Crippen LogP contribution < -0.4 is 0 Å². The van der Waals surface area contributed by atoms with Crippen molar-refractivity contribution in [3.63, 3.8) is 0 Å². The summed E-state index contributed by atoms with van der Waals surface area (Å²) in [7, 11) is 0. The average Bonchev–Trinajstić information content (AvgIpc) is 1.50. The largest absolute Gasteiger partial charge is 0.455 e. The number of furan rings is 2. The first-order valence-corrected chi connectivity index (χ1v) is 39.3. The van der Waals surface area contributed by atoms with Crippen LogP contribution in [0.4, 0.5) is 0 Å². The van der Waals surface area contributed by atoms with Gasteiger partial charge in [-0.15, -0.1) is 0 Å². The maximum absolute atomic E-state index is 6.76. The number of rotatable bonds is 7. The first-order valence-electron chi connectivity index (χ1n) is 39.3. The first-order chi connectivity index (χ1) is 55.1. The van der Waals surface area contributed by atoms with E-state index >= 15 is 0 Å². The summed E-state index contributed by atoms with van der Waals surface area (Å²) in [5.41, 5.74) is 30.6. The van der Waals surface area contributed by atoms with Crippen molar-refractivity contribution in [2.45, 2.75) is 38.5 Å². The first kappa shape index (κ1) is 63.1. The van der Waals surface area contributed by atoms with Crippen LogP contribution >= 0.6 is 0 Å². The molecule has 0 fully saturated rings. The summed E-state index contributed by atoms with van der Waals surface area (Å²) in [6.45, 7) is 9.56. The minimum atomic E-state index is -0.273. The van der Waals surface area contributed by atoms with Crippen LogP contribution in [0.15, 0.2) is 361 Å². The van der Waals surface area contributed by atoms with Crippen LogP contribution in [0, 0.1) is 0 Å². The van der Waals surface area contributed by atoms with Crippen molar-refractivity contribution >= 4 is 130 Å².